The number of rotatable bonds is 9. The van der Waals surface area contributed by atoms with Crippen LogP contribution in [-0.4, -0.2) is 50.7 Å². The molecule has 0 aromatic heterocycles. The molecule has 0 bridgehead atoms. The molecule has 0 amide bonds. The predicted octanol–water partition coefficient (Wildman–Crippen LogP) is 2.65. The van der Waals surface area contributed by atoms with Gasteiger partial charge in [-0.3, -0.25) is 4.99 Å². The molecule has 1 unspecified atom stereocenters. The van der Waals surface area contributed by atoms with E-state index >= 15 is 0 Å². The lowest BCUT2D eigenvalue weighted by Gasteiger charge is -2.21. The molecular formula is C20H32N4O. The number of nitrogens with one attached hydrogen (secondary N) is 2. The minimum Gasteiger partial charge on any atom is -0.489 e. The van der Waals surface area contributed by atoms with E-state index in [1.54, 1.807) is 13.1 Å². The van der Waals surface area contributed by atoms with Crippen LogP contribution in [0.1, 0.15) is 25.3 Å². The Morgan fingerprint density at radius 1 is 1.32 bits per heavy atom. The fraction of sp³-hybridized carbons (Fsp3) is 0.550. The molecule has 2 N–H and O–H groups in total. The summed E-state index contributed by atoms with van der Waals surface area (Å²) >= 11 is 0. The summed E-state index contributed by atoms with van der Waals surface area (Å²) in [7, 11) is 1.81. The summed E-state index contributed by atoms with van der Waals surface area (Å²) in [6, 6.07) is 8.05. The quantitative estimate of drug-likeness (QED) is 0.411. The van der Waals surface area contributed by atoms with Crippen LogP contribution in [0.25, 0.3) is 0 Å². The van der Waals surface area contributed by atoms with Gasteiger partial charge in [0.1, 0.15) is 12.4 Å². The predicted molar refractivity (Wildman–Crippen MR) is 105 cm³/mol. The molecule has 138 valence electrons. The Hall–Kier alpha value is -2.01. The average molecular weight is 345 g/mol. The second-order valence-electron chi connectivity index (χ2n) is 6.63. The highest BCUT2D eigenvalue weighted by atomic mass is 16.5. The molecule has 1 saturated heterocycles. The number of ether oxygens (including phenoxy) is 1. The van der Waals surface area contributed by atoms with Crippen LogP contribution < -0.4 is 15.4 Å². The number of hydrogen-bond acceptors (Lipinski definition) is 3. The highest BCUT2D eigenvalue weighted by Gasteiger charge is 2.14. The van der Waals surface area contributed by atoms with Crippen molar-refractivity contribution in [3.63, 3.8) is 0 Å². The number of benzene rings is 1. The molecule has 1 aliphatic rings. The first-order valence-corrected chi connectivity index (χ1v) is 9.21. The summed E-state index contributed by atoms with van der Waals surface area (Å²) in [6.07, 6.45) is 4.44. The first kappa shape index (κ1) is 19.3. The van der Waals surface area contributed by atoms with Crippen molar-refractivity contribution in [2.45, 2.75) is 26.3 Å². The zero-order valence-electron chi connectivity index (χ0n) is 15.6. The van der Waals surface area contributed by atoms with Crippen LogP contribution >= 0.6 is 0 Å². The second kappa shape index (κ2) is 10.8. The summed E-state index contributed by atoms with van der Waals surface area (Å²) in [5.74, 6) is 2.31. The first-order valence-electron chi connectivity index (χ1n) is 9.21. The van der Waals surface area contributed by atoms with Crippen LogP contribution in [0, 0.1) is 5.92 Å². The number of likely N-dealkylation sites (tertiary alicyclic amines) is 1. The van der Waals surface area contributed by atoms with E-state index in [9.17, 15) is 0 Å². The van der Waals surface area contributed by atoms with Gasteiger partial charge in [0.05, 0.1) is 0 Å². The molecule has 1 atom stereocenters. The number of aliphatic imine (C=N–C) groups is 1. The molecule has 25 heavy (non-hydrogen) atoms. The van der Waals surface area contributed by atoms with Crippen molar-refractivity contribution in [2.75, 3.05) is 39.8 Å². The van der Waals surface area contributed by atoms with Crippen LogP contribution in [0.15, 0.2) is 41.9 Å². The summed E-state index contributed by atoms with van der Waals surface area (Å²) in [4.78, 5) is 6.87. The van der Waals surface area contributed by atoms with Crippen molar-refractivity contribution in [3.05, 3.63) is 42.5 Å². The maximum absolute atomic E-state index is 5.70. The Morgan fingerprint density at radius 3 is 2.80 bits per heavy atom. The van der Waals surface area contributed by atoms with Gasteiger partial charge in [0.2, 0.25) is 0 Å². The SMILES string of the molecule is C=CCOc1ccccc1CNC(=NC)NCC(C)CN1CCCC1. The van der Waals surface area contributed by atoms with Crippen molar-refractivity contribution < 1.29 is 4.74 Å². The van der Waals surface area contributed by atoms with Gasteiger partial charge in [0.25, 0.3) is 0 Å². The molecular weight excluding hydrogens is 312 g/mol. The molecule has 5 heteroatoms. The molecule has 0 saturated carbocycles. The summed E-state index contributed by atoms with van der Waals surface area (Å²) in [6.45, 7) is 11.7. The van der Waals surface area contributed by atoms with Crippen LogP contribution in [0.3, 0.4) is 0 Å². The maximum atomic E-state index is 5.70. The third-order valence-electron chi connectivity index (χ3n) is 4.39. The van der Waals surface area contributed by atoms with Gasteiger partial charge in [-0.05, 0) is 37.9 Å². The Labute approximate surface area is 152 Å². The van der Waals surface area contributed by atoms with Crippen LogP contribution in [-0.2, 0) is 6.54 Å². The summed E-state index contributed by atoms with van der Waals surface area (Å²) in [5.41, 5.74) is 1.11. The van der Waals surface area contributed by atoms with E-state index in [1.165, 1.54) is 25.9 Å². The van der Waals surface area contributed by atoms with Gasteiger partial charge in [0.15, 0.2) is 5.96 Å². The van der Waals surface area contributed by atoms with E-state index in [0.29, 0.717) is 19.1 Å². The van der Waals surface area contributed by atoms with Gasteiger partial charge in [0, 0.05) is 32.2 Å². The Bertz CT molecular complexity index is 552. The molecule has 1 fully saturated rings. The molecule has 2 rings (SSSR count). The van der Waals surface area contributed by atoms with Crippen molar-refractivity contribution in [1.82, 2.24) is 15.5 Å². The summed E-state index contributed by atoms with van der Waals surface area (Å²) < 4.78 is 5.70. The van der Waals surface area contributed by atoms with Gasteiger partial charge in [-0.1, -0.05) is 37.8 Å². The van der Waals surface area contributed by atoms with Crippen LogP contribution in [0.5, 0.6) is 5.75 Å². The number of hydrogen-bond donors (Lipinski definition) is 2. The maximum Gasteiger partial charge on any atom is 0.191 e. The topological polar surface area (TPSA) is 48.9 Å². The number of guanidine groups is 1. The van der Waals surface area contributed by atoms with Crippen molar-refractivity contribution >= 4 is 5.96 Å². The molecule has 5 nitrogen and oxygen atoms in total. The molecule has 0 spiro atoms. The van der Waals surface area contributed by atoms with Crippen molar-refractivity contribution in [1.29, 1.82) is 0 Å². The zero-order valence-corrected chi connectivity index (χ0v) is 15.6. The highest BCUT2D eigenvalue weighted by Crippen LogP contribution is 2.17. The van der Waals surface area contributed by atoms with Crippen molar-refractivity contribution in [2.24, 2.45) is 10.9 Å². The molecule has 1 aromatic rings. The fourth-order valence-corrected chi connectivity index (χ4v) is 3.08. The minimum absolute atomic E-state index is 0.512. The van der Waals surface area contributed by atoms with E-state index in [4.69, 9.17) is 4.74 Å². The number of para-hydroxylation sites is 1. The Kier molecular flexibility index (Phi) is 8.32. The standard InChI is InChI=1S/C20H32N4O/c1-4-13-25-19-10-6-5-9-18(19)15-23-20(21-3)22-14-17(2)16-24-11-7-8-12-24/h4-6,9-10,17H,1,7-8,11-16H2,2-3H3,(H2,21,22,23). The monoisotopic (exact) mass is 344 g/mol. The fourth-order valence-electron chi connectivity index (χ4n) is 3.08. The third-order valence-corrected chi connectivity index (χ3v) is 4.39. The van der Waals surface area contributed by atoms with E-state index in [1.807, 2.05) is 18.2 Å². The number of nitrogens with zero attached hydrogens (tertiary/aromatic N) is 2. The van der Waals surface area contributed by atoms with Gasteiger partial charge in [-0.2, -0.15) is 0 Å². The van der Waals surface area contributed by atoms with Gasteiger partial charge >= 0.3 is 0 Å². The molecule has 0 aliphatic carbocycles. The third kappa shape index (κ3) is 6.78. The average Bonchev–Trinajstić information content (AvgIpc) is 3.13. The van der Waals surface area contributed by atoms with Crippen molar-refractivity contribution in [3.8, 4) is 5.75 Å². The lowest BCUT2D eigenvalue weighted by Crippen LogP contribution is -2.41. The molecule has 0 radical (unpaired) electrons. The lowest BCUT2D eigenvalue weighted by molar-refractivity contribution is 0.287. The van der Waals surface area contributed by atoms with Crippen LogP contribution in [0.4, 0.5) is 0 Å². The molecule has 1 aromatic carbocycles. The summed E-state index contributed by atoms with van der Waals surface area (Å²) in [5, 5.41) is 6.80. The van der Waals surface area contributed by atoms with Gasteiger partial charge in [-0.15, -0.1) is 0 Å². The molecule has 1 heterocycles. The first-order chi connectivity index (χ1) is 12.2. The largest absolute Gasteiger partial charge is 0.489 e. The lowest BCUT2D eigenvalue weighted by atomic mass is 10.1. The van der Waals surface area contributed by atoms with Gasteiger partial charge < -0.3 is 20.3 Å². The zero-order chi connectivity index (χ0) is 17.9. The van der Waals surface area contributed by atoms with Gasteiger partial charge in [-0.25, -0.2) is 0 Å². The smallest absolute Gasteiger partial charge is 0.191 e. The van der Waals surface area contributed by atoms with E-state index in [2.05, 4.69) is 40.1 Å². The van der Waals surface area contributed by atoms with E-state index in [-0.39, 0.29) is 0 Å². The Balaban J connectivity index is 1.77. The van der Waals surface area contributed by atoms with Crippen LogP contribution in [0.2, 0.25) is 0 Å². The normalized spacial score (nSPS) is 16.5. The highest BCUT2D eigenvalue weighted by molar-refractivity contribution is 5.79. The van der Waals surface area contributed by atoms with E-state index < -0.39 is 0 Å². The van der Waals surface area contributed by atoms with E-state index in [0.717, 1.165) is 30.4 Å². The minimum atomic E-state index is 0.512. The second-order valence-corrected chi connectivity index (χ2v) is 6.63. The Morgan fingerprint density at radius 2 is 2.08 bits per heavy atom. The molecule has 1 aliphatic heterocycles.